The van der Waals surface area contributed by atoms with Crippen molar-refractivity contribution in [3.8, 4) is 0 Å². The Kier molecular flexibility index (Phi) is 3.86. The molecule has 0 spiro atoms. The maximum Gasteiger partial charge on any atom is 0.416 e. The topological polar surface area (TPSA) is 55.1 Å². The van der Waals surface area contributed by atoms with Gasteiger partial charge in [-0.3, -0.25) is 0 Å². The molecule has 126 valence electrons. The third-order valence-corrected chi connectivity index (χ3v) is 3.80. The molecule has 0 atom stereocenters. The highest BCUT2D eigenvalue weighted by Gasteiger charge is 2.34. The van der Waals surface area contributed by atoms with Crippen molar-refractivity contribution in [3.63, 3.8) is 0 Å². The molecule has 1 aromatic carbocycles. The molecule has 9 heteroatoms. The molecule has 0 aliphatic heterocycles. The molecule has 1 N–H and O–H groups in total. The van der Waals surface area contributed by atoms with Crippen molar-refractivity contribution in [1.29, 1.82) is 0 Å². The van der Waals surface area contributed by atoms with Gasteiger partial charge in [0.15, 0.2) is 0 Å². The van der Waals surface area contributed by atoms with Gasteiger partial charge in [-0.1, -0.05) is 6.07 Å². The zero-order chi connectivity index (χ0) is 17.5. The number of hydrogen-bond donors (Lipinski definition) is 1. The van der Waals surface area contributed by atoms with Crippen LogP contribution < -0.4 is 5.32 Å². The van der Waals surface area contributed by atoms with Gasteiger partial charge < -0.3 is 5.32 Å². The second-order valence-electron chi connectivity index (χ2n) is 5.30. The minimum absolute atomic E-state index is 0.339. The van der Waals surface area contributed by atoms with Gasteiger partial charge in [-0.2, -0.15) is 22.8 Å². The maximum absolute atomic E-state index is 13.9. The van der Waals surface area contributed by atoms with E-state index in [1.165, 1.54) is 10.8 Å². The Bertz CT molecular complexity index is 901. The zero-order valence-electron chi connectivity index (χ0n) is 12.8. The van der Waals surface area contributed by atoms with E-state index in [9.17, 15) is 17.6 Å². The molecular weight excluding hydrogens is 326 g/mol. The smallest absolute Gasteiger partial charge is 0.377 e. The highest BCUT2D eigenvalue weighted by atomic mass is 19.4. The number of aryl methyl sites for hydroxylation is 1. The van der Waals surface area contributed by atoms with E-state index in [1.54, 1.807) is 13.8 Å². The predicted molar refractivity (Wildman–Crippen MR) is 79.0 cm³/mol. The van der Waals surface area contributed by atoms with Gasteiger partial charge >= 0.3 is 6.18 Å². The summed E-state index contributed by atoms with van der Waals surface area (Å²) in [5.74, 6) is -0.918. The summed E-state index contributed by atoms with van der Waals surface area (Å²) in [5, 5.41) is 14.7. The van der Waals surface area contributed by atoms with E-state index in [4.69, 9.17) is 0 Å². The molecule has 0 aliphatic rings. The Morgan fingerprint density at radius 3 is 2.67 bits per heavy atom. The molecule has 2 heterocycles. The fourth-order valence-electron chi connectivity index (χ4n) is 2.45. The number of hydrogen-bond acceptors (Lipinski definition) is 4. The van der Waals surface area contributed by atoms with E-state index in [-0.39, 0.29) is 6.54 Å². The molecule has 2 aromatic heterocycles. The quantitative estimate of drug-likeness (QED) is 0.742. The van der Waals surface area contributed by atoms with Crippen molar-refractivity contribution < 1.29 is 17.6 Å². The van der Waals surface area contributed by atoms with Gasteiger partial charge in [0.1, 0.15) is 12.1 Å². The molecule has 0 saturated carbocycles. The van der Waals surface area contributed by atoms with Crippen molar-refractivity contribution in [2.45, 2.75) is 26.6 Å². The first kappa shape index (κ1) is 16.2. The normalized spacial score (nSPS) is 11.9. The summed E-state index contributed by atoms with van der Waals surface area (Å²) in [7, 11) is 0. The van der Waals surface area contributed by atoms with Crippen LogP contribution in [0.5, 0.6) is 0 Å². The summed E-state index contributed by atoms with van der Waals surface area (Å²) in [6, 6.07) is 2.90. The Morgan fingerprint density at radius 2 is 1.96 bits per heavy atom. The average molecular weight is 339 g/mol. The Morgan fingerprint density at radius 1 is 1.21 bits per heavy atom. The number of nitrogens with one attached hydrogen (secondary N) is 1. The first-order valence-corrected chi connectivity index (χ1v) is 7.04. The Hall–Kier alpha value is -2.71. The number of fused-ring (bicyclic) bond motifs is 1. The van der Waals surface area contributed by atoms with E-state index in [2.05, 4.69) is 20.6 Å². The van der Waals surface area contributed by atoms with E-state index < -0.39 is 23.1 Å². The van der Waals surface area contributed by atoms with E-state index in [1.807, 2.05) is 0 Å². The lowest BCUT2D eigenvalue weighted by Gasteiger charge is -2.16. The monoisotopic (exact) mass is 339 g/mol. The lowest BCUT2D eigenvalue weighted by Crippen LogP contribution is -2.15. The van der Waals surface area contributed by atoms with Gasteiger partial charge in [0, 0.05) is 12.1 Å². The minimum Gasteiger partial charge on any atom is -0.377 e. The van der Waals surface area contributed by atoms with Crippen LogP contribution in [0.15, 0.2) is 24.5 Å². The van der Waals surface area contributed by atoms with Crippen LogP contribution in [0.1, 0.15) is 22.4 Å². The van der Waals surface area contributed by atoms with Crippen LogP contribution in [0, 0.1) is 19.7 Å². The molecule has 0 bridgehead atoms. The van der Waals surface area contributed by atoms with Crippen molar-refractivity contribution in [3.05, 3.63) is 52.7 Å². The summed E-state index contributed by atoms with van der Waals surface area (Å²) >= 11 is 0. The molecule has 24 heavy (non-hydrogen) atoms. The van der Waals surface area contributed by atoms with Gasteiger partial charge in [-0.25, -0.2) is 4.39 Å². The number of halogens is 4. The van der Waals surface area contributed by atoms with Gasteiger partial charge in [0.05, 0.1) is 16.9 Å². The SMILES string of the molecule is Cc1nn2cnnc2c(NCc2c(F)cccc2C(F)(F)F)c1C. The van der Waals surface area contributed by atoms with Crippen LogP contribution in [0.4, 0.5) is 23.2 Å². The summed E-state index contributed by atoms with van der Waals surface area (Å²) < 4.78 is 54.6. The summed E-state index contributed by atoms with van der Waals surface area (Å²) in [6.07, 6.45) is -3.25. The highest BCUT2D eigenvalue weighted by Crippen LogP contribution is 2.33. The number of rotatable bonds is 3. The first-order valence-electron chi connectivity index (χ1n) is 7.04. The van der Waals surface area contributed by atoms with E-state index >= 15 is 0 Å². The Balaban J connectivity index is 2.01. The fourth-order valence-corrected chi connectivity index (χ4v) is 2.45. The molecule has 0 fully saturated rings. The number of alkyl halides is 3. The summed E-state index contributed by atoms with van der Waals surface area (Å²) in [5.41, 5.74) is 0.751. The van der Waals surface area contributed by atoms with Crippen molar-refractivity contribution in [1.82, 2.24) is 19.8 Å². The molecule has 3 rings (SSSR count). The Labute approximate surface area is 134 Å². The van der Waals surface area contributed by atoms with Crippen LogP contribution in [0.3, 0.4) is 0 Å². The van der Waals surface area contributed by atoms with Crippen LogP contribution in [0.2, 0.25) is 0 Å². The third-order valence-electron chi connectivity index (χ3n) is 3.80. The van der Waals surface area contributed by atoms with Crippen LogP contribution >= 0.6 is 0 Å². The first-order chi connectivity index (χ1) is 11.3. The second kappa shape index (κ2) is 5.73. The van der Waals surface area contributed by atoms with Crippen LogP contribution in [0.25, 0.3) is 5.65 Å². The molecule has 0 radical (unpaired) electrons. The molecule has 0 saturated heterocycles. The summed E-state index contributed by atoms with van der Waals surface area (Å²) in [4.78, 5) is 0. The van der Waals surface area contributed by atoms with Crippen molar-refractivity contribution >= 4 is 11.3 Å². The van der Waals surface area contributed by atoms with Gasteiger partial charge in [-0.05, 0) is 31.5 Å². The molecule has 0 aliphatic carbocycles. The lowest BCUT2D eigenvalue weighted by atomic mass is 10.1. The highest BCUT2D eigenvalue weighted by molar-refractivity contribution is 5.71. The molecule has 0 unspecified atom stereocenters. The van der Waals surface area contributed by atoms with Crippen molar-refractivity contribution in [2.75, 3.05) is 5.32 Å². The van der Waals surface area contributed by atoms with E-state index in [0.29, 0.717) is 22.6 Å². The second-order valence-corrected chi connectivity index (χ2v) is 5.30. The van der Waals surface area contributed by atoms with Crippen LogP contribution in [-0.4, -0.2) is 19.8 Å². The van der Waals surface area contributed by atoms with Gasteiger partial charge in [-0.15, -0.1) is 10.2 Å². The average Bonchev–Trinajstić information content (AvgIpc) is 2.95. The predicted octanol–water partition coefficient (Wildman–Crippen LogP) is 3.51. The molecular formula is C15H13F4N5. The molecule has 0 amide bonds. The fraction of sp³-hybridized carbons (Fsp3) is 0.267. The van der Waals surface area contributed by atoms with Crippen LogP contribution in [-0.2, 0) is 12.7 Å². The number of nitrogens with zero attached hydrogens (tertiary/aromatic N) is 4. The number of benzene rings is 1. The third kappa shape index (κ3) is 2.77. The largest absolute Gasteiger partial charge is 0.416 e. The number of anilines is 1. The maximum atomic E-state index is 13.9. The zero-order valence-corrected chi connectivity index (χ0v) is 12.8. The molecule has 3 aromatic rings. The standard InChI is InChI=1S/C15H13F4N5/c1-8-9(2)23-24-7-21-22-14(24)13(8)20-6-10-11(15(17,18)19)4-3-5-12(10)16/h3-5,7,20H,6H2,1-2H3. The van der Waals surface area contributed by atoms with Gasteiger partial charge in [0.25, 0.3) is 0 Å². The minimum atomic E-state index is -4.63. The number of aromatic nitrogens is 4. The lowest BCUT2D eigenvalue weighted by molar-refractivity contribution is -0.138. The van der Waals surface area contributed by atoms with E-state index in [0.717, 1.165) is 18.2 Å². The van der Waals surface area contributed by atoms with Gasteiger partial charge in [0.2, 0.25) is 5.65 Å². The van der Waals surface area contributed by atoms with Crippen molar-refractivity contribution in [2.24, 2.45) is 0 Å². The summed E-state index contributed by atoms with van der Waals surface area (Å²) in [6.45, 7) is 3.17. The molecule has 5 nitrogen and oxygen atoms in total.